The minimum Gasteiger partial charge on any atom is -0.497 e. The van der Waals surface area contributed by atoms with Crippen molar-refractivity contribution < 1.29 is 182 Å². The fraction of sp³-hybridized carbons (Fsp3) is 0.818. The molecular formula is C77H114O37. The zero-order valence-corrected chi connectivity index (χ0v) is 64.9. The van der Waals surface area contributed by atoms with Crippen LogP contribution in [0.4, 0.5) is 0 Å². The van der Waals surface area contributed by atoms with E-state index in [1.54, 1.807) is 24.3 Å². The van der Waals surface area contributed by atoms with Crippen LogP contribution in [-0.2, 0) is 85.5 Å². The van der Waals surface area contributed by atoms with Gasteiger partial charge in [0.2, 0.25) is 6.29 Å². The van der Waals surface area contributed by atoms with Crippen molar-refractivity contribution in [3.63, 3.8) is 0 Å². The lowest BCUT2D eigenvalue weighted by Gasteiger charge is -2.71. The summed E-state index contributed by atoms with van der Waals surface area (Å²) in [6, 6.07) is 6.55. The summed E-state index contributed by atoms with van der Waals surface area (Å²) < 4.78 is 90.6. The van der Waals surface area contributed by atoms with E-state index < -0.39 is 297 Å². The van der Waals surface area contributed by atoms with Crippen LogP contribution in [0.1, 0.15) is 119 Å². The fourth-order valence-corrected chi connectivity index (χ4v) is 20.7. The number of aliphatic hydroxyl groups is 17. The Kier molecular flexibility index (Phi) is 26.7. The zero-order valence-electron chi connectivity index (χ0n) is 64.9. The Morgan fingerprint density at radius 2 is 1.08 bits per heavy atom. The number of aliphatic hydroxyl groups excluding tert-OH is 17. The third-order valence-electron chi connectivity index (χ3n) is 27.2. The summed E-state index contributed by atoms with van der Waals surface area (Å²) in [4.78, 5) is 57.0. The molecule has 5 aliphatic carbocycles. The van der Waals surface area contributed by atoms with Gasteiger partial charge in [-0.3, -0.25) is 14.4 Å². The Morgan fingerprint density at radius 1 is 0.544 bits per heavy atom. The molecule has 0 unspecified atom stereocenters. The normalized spacial score (nSPS) is 48.8. The van der Waals surface area contributed by atoms with Crippen LogP contribution in [0.5, 0.6) is 5.75 Å². The molecule has 18 N–H and O–H groups in total. The molecule has 644 valence electrons. The highest BCUT2D eigenvalue weighted by molar-refractivity contribution is 5.87. The maximum atomic E-state index is 16.5. The monoisotopic (exact) mass is 1630 g/mol. The number of ether oxygens (including phenoxy) is 15. The van der Waals surface area contributed by atoms with Crippen molar-refractivity contribution in [3.05, 3.63) is 47.6 Å². The highest BCUT2D eigenvalue weighted by Crippen LogP contribution is 2.76. The van der Waals surface area contributed by atoms with Gasteiger partial charge in [0.05, 0.1) is 62.7 Å². The summed E-state index contributed by atoms with van der Waals surface area (Å²) in [6.45, 7) is 10.0. The molecule has 10 fully saturated rings. The number of carbonyl (C=O) groups excluding carboxylic acids is 3. The quantitative estimate of drug-likeness (QED) is 0.0174. The van der Waals surface area contributed by atoms with Gasteiger partial charge in [0, 0.05) is 18.4 Å². The average Bonchev–Trinajstić information content (AvgIpc) is 0.670. The SMILES string of the molecule is COc1ccc(C=CC(=O)O[C@@H]2[C@H](O[C@@H]3O[C@H](COC(C)=O)[C@@H](O)[C@H](O)[C@H]3O)[C@@H](O[C@@H]3O[C@@H](C)[C@H](O[C@@H]4OC[C@@H](O[C@@H]5O[C@H](CO)[C@H](O)[C@H](O)[C@H]5O)[C@H](O)[C@H]4O)[C@@H](O)[C@H]3O)[C@H](OC(=O)[C@]34CCC(C)(C)C[C@H]3C3=CC[C@@H]5[C@@]6(C)C[C@H](O)[C@H](O[C@@H]7O[C@H](CO)[C@@H](O)[C@H](O)[C@H]7O)[C@@](C)(C(=O)O)[C@@H]6CC[C@@]5(C)[C@]3(CO)CC4)O[C@@H]2C)cc1. The summed E-state index contributed by atoms with van der Waals surface area (Å²) >= 11 is 0. The first-order chi connectivity index (χ1) is 53.7. The molecule has 0 bridgehead atoms. The number of hydrogen-bond acceptors (Lipinski definition) is 36. The second kappa shape index (κ2) is 34.4. The number of benzene rings is 1. The van der Waals surface area contributed by atoms with E-state index in [0.717, 1.165) is 18.6 Å². The van der Waals surface area contributed by atoms with E-state index in [1.807, 2.05) is 26.8 Å². The maximum Gasteiger partial charge on any atom is 0.331 e. The second-order valence-corrected chi connectivity index (χ2v) is 34.4. The Labute approximate surface area is 657 Å². The lowest BCUT2D eigenvalue weighted by Crippen LogP contribution is -2.71. The largest absolute Gasteiger partial charge is 0.497 e. The molecule has 11 aliphatic rings. The van der Waals surface area contributed by atoms with Gasteiger partial charge in [0.15, 0.2) is 43.7 Å². The van der Waals surface area contributed by atoms with E-state index in [0.29, 0.717) is 30.6 Å². The molecule has 1 aromatic carbocycles. The molecule has 6 saturated heterocycles. The predicted octanol–water partition coefficient (Wildman–Crippen LogP) is -3.84. The first-order valence-corrected chi connectivity index (χ1v) is 39.0. The Hall–Kier alpha value is -4.74. The van der Waals surface area contributed by atoms with Crippen molar-refractivity contribution in [1.82, 2.24) is 0 Å². The van der Waals surface area contributed by atoms with Crippen molar-refractivity contribution in [2.75, 3.05) is 40.1 Å². The van der Waals surface area contributed by atoms with Gasteiger partial charge in [0.25, 0.3) is 0 Å². The standard InChI is InChI=1S/C77H114O37/c1-31-59(110-64-54(92)49(87)42(29-102-64)107-66-55(93)50(88)46(84)39(26-78)105-66)53(91)58(96)65(103-31)112-62-61(111-67-56(94)52(90)48(86)41(108-67)28-101-33(3)81)60(109-45(83)17-12-34-10-13-35(100-9)14-11-34)32(2)104-69(62)114-71(99)76-21-20-72(4,5)24-37(76)36-15-16-43-73(6)25-38(82)63(113-68-57(95)51(89)47(85)40(27-79)106-68)75(8,70(97)98)44(73)18-19-74(43,7)77(36,30-80)23-22-76/h10-15,17,31-32,37-44,46-69,78-80,82,84-96H,16,18-30H2,1-9H3,(H,97,98)/t31-,32+,37-,38-,39+,40+,41+,42+,43+,44+,46-,47+,48+,49-,50-,51-,52-,53-,54+,55+,56+,57+,58+,59-,60-,61-,62+,63-,64-,65-,66-,67-,68-,69-,73+,74+,75-,76-,77-/m0/s1. The van der Waals surface area contributed by atoms with Crippen molar-refractivity contribution >= 4 is 30.0 Å². The first-order valence-electron chi connectivity index (χ1n) is 39.0. The van der Waals surface area contributed by atoms with Crippen LogP contribution in [-0.4, -0.2) is 346 Å². The van der Waals surface area contributed by atoms with Crippen LogP contribution in [0.15, 0.2) is 42.0 Å². The number of carboxylic acids is 1. The Bertz CT molecular complexity index is 3570. The van der Waals surface area contributed by atoms with Crippen LogP contribution in [0.2, 0.25) is 0 Å². The van der Waals surface area contributed by atoms with E-state index in [9.17, 15) is 106 Å². The van der Waals surface area contributed by atoms with Crippen molar-refractivity contribution in [2.24, 2.45) is 50.2 Å². The molecule has 37 heteroatoms. The third-order valence-corrected chi connectivity index (χ3v) is 27.2. The lowest BCUT2D eigenvalue weighted by molar-refractivity contribution is -0.393. The second-order valence-electron chi connectivity index (χ2n) is 34.4. The number of aliphatic carboxylic acids is 1. The zero-order chi connectivity index (χ0) is 83.1. The van der Waals surface area contributed by atoms with Gasteiger partial charge >= 0.3 is 23.9 Å². The minimum absolute atomic E-state index is 0.0461. The number of methoxy groups -OCH3 is 1. The van der Waals surface area contributed by atoms with E-state index in [4.69, 9.17) is 71.1 Å². The number of esters is 3. The molecule has 1 aromatic rings. The van der Waals surface area contributed by atoms with Crippen molar-refractivity contribution in [3.8, 4) is 5.75 Å². The minimum atomic E-state index is -2.24. The lowest BCUT2D eigenvalue weighted by atomic mass is 9.33. The summed E-state index contributed by atoms with van der Waals surface area (Å²) in [6.07, 6.45) is -50.1. The Balaban J connectivity index is 0.871. The van der Waals surface area contributed by atoms with Gasteiger partial charge in [-0.2, -0.15) is 0 Å². The number of hydrogen-bond donors (Lipinski definition) is 18. The molecule has 39 atom stereocenters. The highest BCUT2D eigenvalue weighted by atomic mass is 16.8. The van der Waals surface area contributed by atoms with Crippen LogP contribution >= 0.6 is 0 Å². The Morgan fingerprint density at radius 3 is 1.68 bits per heavy atom. The van der Waals surface area contributed by atoms with Gasteiger partial charge in [-0.05, 0) is 136 Å². The molecule has 0 amide bonds. The van der Waals surface area contributed by atoms with Crippen LogP contribution in [0.25, 0.3) is 6.08 Å². The molecule has 114 heavy (non-hydrogen) atoms. The molecule has 0 spiro atoms. The van der Waals surface area contributed by atoms with Crippen molar-refractivity contribution in [1.29, 1.82) is 0 Å². The summed E-state index contributed by atoms with van der Waals surface area (Å²) in [5.74, 6) is -5.50. The molecule has 6 aliphatic heterocycles. The number of carboxylic acid groups (broad SMARTS) is 1. The van der Waals surface area contributed by atoms with E-state index in [1.165, 1.54) is 34.0 Å². The van der Waals surface area contributed by atoms with Gasteiger partial charge in [0.1, 0.15) is 134 Å². The van der Waals surface area contributed by atoms with Crippen molar-refractivity contribution in [2.45, 2.75) is 304 Å². The van der Waals surface area contributed by atoms with E-state index in [-0.39, 0.29) is 38.5 Å². The molecule has 12 rings (SSSR count). The smallest absolute Gasteiger partial charge is 0.331 e. The predicted molar refractivity (Wildman–Crippen MR) is 379 cm³/mol. The highest BCUT2D eigenvalue weighted by Gasteiger charge is 2.74. The van der Waals surface area contributed by atoms with Crippen LogP contribution in [0, 0.1) is 50.2 Å². The summed E-state index contributed by atoms with van der Waals surface area (Å²) in [5.41, 5.74) is -5.64. The average molecular weight is 1630 g/mol. The summed E-state index contributed by atoms with van der Waals surface area (Å²) in [5, 5.41) is 202. The van der Waals surface area contributed by atoms with Gasteiger partial charge in [-0.15, -0.1) is 0 Å². The molecule has 6 heterocycles. The topological polar surface area (TPSA) is 571 Å². The third kappa shape index (κ3) is 16.0. The molecule has 4 saturated carbocycles. The number of rotatable bonds is 22. The molecule has 0 radical (unpaired) electrons. The maximum absolute atomic E-state index is 16.5. The summed E-state index contributed by atoms with van der Waals surface area (Å²) in [7, 11) is 1.47. The van der Waals surface area contributed by atoms with Gasteiger partial charge in [-0.1, -0.05) is 51.5 Å². The van der Waals surface area contributed by atoms with Gasteiger partial charge in [-0.25, -0.2) is 4.79 Å². The number of fused-ring (bicyclic) bond motifs is 7. The molecular weight excluding hydrogens is 1520 g/mol. The fourth-order valence-electron chi connectivity index (χ4n) is 20.7. The molecule has 37 nitrogen and oxygen atoms in total. The molecule has 0 aromatic heterocycles. The van der Waals surface area contributed by atoms with Gasteiger partial charge < -0.3 is 163 Å². The number of carbonyl (C=O) groups is 4. The number of allylic oxidation sites excluding steroid dienone is 1. The van der Waals surface area contributed by atoms with E-state index >= 15 is 4.79 Å². The van der Waals surface area contributed by atoms with Crippen LogP contribution in [0.3, 0.4) is 0 Å². The van der Waals surface area contributed by atoms with Crippen LogP contribution < -0.4 is 4.74 Å². The van der Waals surface area contributed by atoms with E-state index in [2.05, 4.69) is 6.92 Å². The first kappa shape index (κ1) is 88.5.